The molecule has 0 bridgehead atoms. The Balaban J connectivity index is 4.30. The van der Waals surface area contributed by atoms with Crippen molar-refractivity contribution in [2.24, 2.45) is 10.9 Å². The van der Waals surface area contributed by atoms with Crippen molar-refractivity contribution < 1.29 is 10.3 Å². The van der Waals surface area contributed by atoms with Gasteiger partial charge in [-0.25, -0.2) is 0 Å². The Hall–Kier alpha value is -0.810. The highest BCUT2D eigenvalue weighted by Crippen LogP contribution is 2.14. The number of nitrogens with two attached hydrogens (primary N) is 1. The molecule has 0 aliphatic heterocycles. The minimum atomic E-state index is -0.198. The maximum atomic E-state index is 8.89. The molecule has 0 aromatic carbocycles. The monoisotopic (exact) mass is 203 g/mol. The topological polar surface area (TPSA) is 90.9 Å². The lowest BCUT2D eigenvalue weighted by molar-refractivity contribution is 0.211. The molecule has 0 aliphatic rings. The summed E-state index contributed by atoms with van der Waals surface area (Å²) < 4.78 is 0. The van der Waals surface area contributed by atoms with Crippen LogP contribution in [0.25, 0.3) is 0 Å². The molecule has 0 heterocycles. The number of oxime groups is 1. The first kappa shape index (κ1) is 13.2. The molecule has 0 aliphatic carbocycles. The lowest BCUT2D eigenvalue weighted by Gasteiger charge is -2.32. The van der Waals surface area contributed by atoms with Crippen molar-refractivity contribution in [2.45, 2.75) is 45.2 Å². The first-order valence-electron chi connectivity index (χ1n) is 4.85. The number of aliphatic hydroxyl groups is 1. The first-order chi connectivity index (χ1) is 6.49. The van der Waals surface area contributed by atoms with Gasteiger partial charge >= 0.3 is 0 Å². The molecule has 0 saturated heterocycles. The van der Waals surface area contributed by atoms with Gasteiger partial charge in [-0.3, -0.25) is 0 Å². The summed E-state index contributed by atoms with van der Waals surface area (Å²) in [5, 5.41) is 23.5. The molecule has 5 N–H and O–H groups in total. The summed E-state index contributed by atoms with van der Waals surface area (Å²) in [4.78, 5) is 0. The van der Waals surface area contributed by atoms with Crippen LogP contribution in [0.1, 0.15) is 33.6 Å². The van der Waals surface area contributed by atoms with E-state index >= 15 is 0 Å². The minimum Gasteiger partial charge on any atom is -0.409 e. The van der Waals surface area contributed by atoms with Gasteiger partial charge in [-0.1, -0.05) is 12.1 Å². The van der Waals surface area contributed by atoms with Crippen molar-refractivity contribution in [2.75, 3.05) is 6.61 Å². The van der Waals surface area contributed by atoms with E-state index in [1.54, 1.807) is 0 Å². The minimum absolute atomic E-state index is 0.125. The molecule has 2 unspecified atom stereocenters. The second-order valence-corrected chi connectivity index (χ2v) is 3.78. The van der Waals surface area contributed by atoms with E-state index in [2.05, 4.69) is 10.5 Å². The molecule has 0 fully saturated rings. The van der Waals surface area contributed by atoms with Crippen LogP contribution < -0.4 is 11.1 Å². The molecule has 0 spiro atoms. The van der Waals surface area contributed by atoms with Crippen molar-refractivity contribution in [3.63, 3.8) is 0 Å². The standard InChI is InChI=1S/C9H21N3O2/c1-4-9(3,5-6-13)11-7(2)8(10)12-14/h7,11,13-14H,4-6H2,1-3H3,(H2,10,12). The lowest BCUT2D eigenvalue weighted by Crippen LogP contribution is -2.52. The molecule has 5 heteroatoms. The zero-order valence-corrected chi connectivity index (χ0v) is 9.12. The van der Waals surface area contributed by atoms with Gasteiger partial charge in [0.1, 0.15) is 0 Å². The Morgan fingerprint density at radius 3 is 2.57 bits per heavy atom. The van der Waals surface area contributed by atoms with Crippen molar-refractivity contribution >= 4 is 5.84 Å². The van der Waals surface area contributed by atoms with Crippen molar-refractivity contribution in [1.29, 1.82) is 0 Å². The zero-order chi connectivity index (χ0) is 11.2. The normalized spacial score (nSPS) is 19.0. The van der Waals surface area contributed by atoms with E-state index in [9.17, 15) is 0 Å². The smallest absolute Gasteiger partial charge is 0.156 e. The van der Waals surface area contributed by atoms with Gasteiger partial charge in [0, 0.05) is 12.1 Å². The second kappa shape index (κ2) is 5.82. The summed E-state index contributed by atoms with van der Waals surface area (Å²) in [7, 11) is 0. The highest BCUT2D eigenvalue weighted by molar-refractivity contribution is 5.84. The van der Waals surface area contributed by atoms with Gasteiger partial charge in [-0.05, 0) is 26.7 Å². The van der Waals surface area contributed by atoms with E-state index in [0.717, 1.165) is 6.42 Å². The average Bonchev–Trinajstić information content (AvgIpc) is 2.16. The molecule has 2 atom stereocenters. The maximum absolute atomic E-state index is 8.89. The number of hydrogen-bond acceptors (Lipinski definition) is 4. The van der Waals surface area contributed by atoms with E-state index in [4.69, 9.17) is 16.0 Å². The number of nitrogens with one attached hydrogen (secondary N) is 1. The Morgan fingerprint density at radius 1 is 1.64 bits per heavy atom. The summed E-state index contributed by atoms with van der Waals surface area (Å²) in [6, 6.07) is -0.198. The molecule has 5 nitrogen and oxygen atoms in total. The molecule has 0 aromatic heterocycles. The van der Waals surface area contributed by atoms with E-state index in [1.807, 2.05) is 20.8 Å². The SMILES string of the molecule is CCC(C)(CCO)NC(C)C(N)=NO. The summed E-state index contributed by atoms with van der Waals surface area (Å²) in [6.07, 6.45) is 1.52. The second-order valence-electron chi connectivity index (χ2n) is 3.78. The summed E-state index contributed by atoms with van der Waals surface area (Å²) in [6.45, 7) is 5.98. The van der Waals surface area contributed by atoms with Gasteiger partial charge in [0.2, 0.25) is 0 Å². The number of aliphatic hydroxyl groups excluding tert-OH is 1. The highest BCUT2D eigenvalue weighted by Gasteiger charge is 2.24. The molecular weight excluding hydrogens is 182 g/mol. The van der Waals surface area contributed by atoms with E-state index in [0.29, 0.717) is 6.42 Å². The molecule has 0 saturated carbocycles. The van der Waals surface area contributed by atoms with Gasteiger partial charge in [0.15, 0.2) is 5.84 Å². The zero-order valence-electron chi connectivity index (χ0n) is 9.12. The predicted octanol–water partition coefficient (Wildman–Crippen LogP) is 0.262. The summed E-state index contributed by atoms with van der Waals surface area (Å²) >= 11 is 0. The quantitative estimate of drug-likeness (QED) is 0.216. The Bertz CT molecular complexity index is 196. The van der Waals surface area contributed by atoms with Crippen LogP contribution in [0.4, 0.5) is 0 Å². The summed E-state index contributed by atoms with van der Waals surface area (Å²) in [5.74, 6) is 0.155. The van der Waals surface area contributed by atoms with Crippen LogP contribution in [-0.4, -0.2) is 34.3 Å². The average molecular weight is 203 g/mol. The van der Waals surface area contributed by atoms with Crippen LogP contribution in [0.5, 0.6) is 0 Å². The largest absolute Gasteiger partial charge is 0.409 e. The third kappa shape index (κ3) is 3.93. The molecule has 84 valence electrons. The number of rotatable bonds is 6. The summed E-state index contributed by atoms with van der Waals surface area (Å²) in [5.41, 5.74) is 5.27. The molecule has 0 radical (unpaired) electrons. The van der Waals surface area contributed by atoms with Gasteiger partial charge in [0.25, 0.3) is 0 Å². The van der Waals surface area contributed by atoms with Crippen molar-refractivity contribution in [3.05, 3.63) is 0 Å². The number of amidine groups is 1. The Kier molecular flexibility index (Phi) is 5.49. The lowest BCUT2D eigenvalue weighted by atomic mass is 9.94. The molecular formula is C9H21N3O2. The highest BCUT2D eigenvalue weighted by atomic mass is 16.4. The van der Waals surface area contributed by atoms with E-state index in [1.165, 1.54) is 0 Å². The Labute approximate surface area is 85.0 Å². The fourth-order valence-electron chi connectivity index (χ4n) is 1.28. The number of hydrogen-bond donors (Lipinski definition) is 4. The Morgan fingerprint density at radius 2 is 2.21 bits per heavy atom. The number of nitrogens with zero attached hydrogens (tertiary/aromatic N) is 1. The van der Waals surface area contributed by atoms with Crippen LogP contribution in [0.2, 0.25) is 0 Å². The van der Waals surface area contributed by atoms with Crippen LogP contribution in [0.3, 0.4) is 0 Å². The van der Waals surface area contributed by atoms with Gasteiger partial charge < -0.3 is 21.4 Å². The third-order valence-electron chi connectivity index (χ3n) is 2.57. The maximum Gasteiger partial charge on any atom is 0.156 e. The van der Waals surface area contributed by atoms with E-state index < -0.39 is 0 Å². The fourth-order valence-corrected chi connectivity index (χ4v) is 1.28. The van der Waals surface area contributed by atoms with Crippen LogP contribution in [0, 0.1) is 0 Å². The van der Waals surface area contributed by atoms with Crippen LogP contribution >= 0.6 is 0 Å². The molecule has 14 heavy (non-hydrogen) atoms. The van der Waals surface area contributed by atoms with Crippen molar-refractivity contribution in [3.8, 4) is 0 Å². The third-order valence-corrected chi connectivity index (χ3v) is 2.57. The van der Waals surface area contributed by atoms with Gasteiger partial charge in [0.05, 0.1) is 6.04 Å². The van der Waals surface area contributed by atoms with Crippen molar-refractivity contribution in [1.82, 2.24) is 5.32 Å². The van der Waals surface area contributed by atoms with Crippen LogP contribution in [0.15, 0.2) is 5.16 Å². The fraction of sp³-hybridized carbons (Fsp3) is 0.889. The van der Waals surface area contributed by atoms with Gasteiger partial charge in [-0.15, -0.1) is 0 Å². The van der Waals surface area contributed by atoms with Gasteiger partial charge in [-0.2, -0.15) is 0 Å². The first-order valence-corrected chi connectivity index (χ1v) is 4.85. The molecule has 0 amide bonds. The molecule has 0 aromatic rings. The van der Waals surface area contributed by atoms with Crippen LogP contribution in [-0.2, 0) is 0 Å². The predicted molar refractivity (Wildman–Crippen MR) is 56.4 cm³/mol. The molecule has 0 rings (SSSR count). The van der Waals surface area contributed by atoms with E-state index in [-0.39, 0.29) is 24.0 Å².